The second kappa shape index (κ2) is 9.51. The SMILES string of the molecule is COc1ccccc1C(=O)N(CC(=O)N(Cc1ccccc1)Cc1ccco1)C1CC1. The van der Waals surface area contributed by atoms with Crippen LogP contribution in [-0.4, -0.2) is 41.3 Å². The van der Waals surface area contributed by atoms with Crippen molar-refractivity contribution in [3.63, 3.8) is 0 Å². The maximum absolute atomic E-state index is 13.4. The summed E-state index contributed by atoms with van der Waals surface area (Å²) >= 11 is 0. The average molecular weight is 418 g/mol. The minimum absolute atomic E-state index is 0.0229. The number of para-hydroxylation sites is 1. The summed E-state index contributed by atoms with van der Waals surface area (Å²) in [6.45, 7) is 0.818. The fourth-order valence-electron chi connectivity index (χ4n) is 3.60. The Kier molecular flexibility index (Phi) is 6.36. The van der Waals surface area contributed by atoms with E-state index in [-0.39, 0.29) is 24.4 Å². The van der Waals surface area contributed by atoms with E-state index in [1.165, 1.54) is 0 Å². The van der Waals surface area contributed by atoms with E-state index in [9.17, 15) is 9.59 Å². The smallest absolute Gasteiger partial charge is 0.258 e. The standard InChI is InChI=1S/C25H26N2O4/c1-30-23-12-6-5-11-22(23)25(29)27(20-13-14-20)18-24(28)26(17-21-10-7-15-31-21)16-19-8-3-2-4-9-19/h2-12,15,20H,13-14,16-18H2,1H3. The Morgan fingerprint density at radius 2 is 1.71 bits per heavy atom. The van der Waals surface area contributed by atoms with Crippen LogP contribution < -0.4 is 4.74 Å². The molecule has 2 aromatic carbocycles. The molecular formula is C25H26N2O4. The predicted molar refractivity (Wildman–Crippen MR) is 116 cm³/mol. The lowest BCUT2D eigenvalue weighted by Gasteiger charge is -2.28. The normalized spacial score (nSPS) is 12.9. The third-order valence-electron chi connectivity index (χ3n) is 5.39. The van der Waals surface area contributed by atoms with Crippen LogP contribution in [0.2, 0.25) is 0 Å². The predicted octanol–water partition coefficient (Wildman–Crippen LogP) is 4.12. The van der Waals surface area contributed by atoms with Crippen LogP contribution in [0.25, 0.3) is 0 Å². The van der Waals surface area contributed by atoms with Gasteiger partial charge in [0.15, 0.2) is 0 Å². The monoisotopic (exact) mass is 418 g/mol. The number of carbonyl (C=O) groups is 2. The van der Waals surface area contributed by atoms with E-state index in [1.54, 1.807) is 41.4 Å². The number of methoxy groups -OCH3 is 1. The van der Waals surface area contributed by atoms with Gasteiger partial charge in [-0.15, -0.1) is 0 Å². The van der Waals surface area contributed by atoms with Crippen LogP contribution in [0, 0.1) is 0 Å². The van der Waals surface area contributed by atoms with E-state index in [1.807, 2.05) is 48.5 Å². The Morgan fingerprint density at radius 3 is 2.39 bits per heavy atom. The topological polar surface area (TPSA) is 63.0 Å². The Labute approximate surface area is 182 Å². The number of nitrogens with zero attached hydrogens (tertiary/aromatic N) is 2. The van der Waals surface area contributed by atoms with Crippen molar-refractivity contribution in [2.45, 2.75) is 32.0 Å². The zero-order valence-electron chi connectivity index (χ0n) is 17.6. The fraction of sp³-hybridized carbons (Fsp3) is 0.280. The molecule has 1 saturated carbocycles. The van der Waals surface area contributed by atoms with Gasteiger partial charge in [0.2, 0.25) is 5.91 Å². The molecule has 0 N–H and O–H groups in total. The van der Waals surface area contributed by atoms with Gasteiger partial charge in [0.05, 0.1) is 25.5 Å². The summed E-state index contributed by atoms with van der Waals surface area (Å²) in [6.07, 6.45) is 3.41. The van der Waals surface area contributed by atoms with Gasteiger partial charge in [0, 0.05) is 12.6 Å². The van der Waals surface area contributed by atoms with E-state index in [2.05, 4.69) is 0 Å². The molecule has 6 heteroatoms. The summed E-state index contributed by atoms with van der Waals surface area (Å²) in [5, 5.41) is 0. The molecule has 1 aliphatic rings. The van der Waals surface area contributed by atoms with Crippen molar-refractivity contribution in [1.82, 2.24) is 9.80 Å². The summed E-state index contributed by atoms with van der Waals surface area (Å²) in [6, 6.07) is 20.7. The highest BCUT2D eigenvalue weighted by Crippen LogP contribution is 2.30. The lowest BCUT2D eigenvalue weighted by Crippen LogP contribution is -2.43. The molecule has 2 amide bonds. The molecule has 1 aliphatic carbocycles. The largest absolute Gasteiger partial charge is 0.496 e. The van der Waals surface area contributed by atoms with E-state index < -0.39 is 0 Å². The molecule has 31 heavy (non-hydrogen) atoms. The summed E-state index contributed by atoms with van der Waals surface area (Å²) in [5.41, 5.74) is 1.50. The molecule has 1 heterocycles. The summed E-state index contributed by atoms with van der Waals surface area (Å²) < 4.78 is 10.8. The number of rotatable bonds is 9. The second-order valence-corrected chi connectivity index (χ2v) is 7.68. The van der Waals surface area contributed by atoms with E-state index >= 15 is 0 Å². The molecule has 0 spiro atoms. The third-order valence-corrected chi connectivity index (χ3v) is 5.39. The zero-order valence-corrected chi connectivity index (χ0v) is 17.6. The Bertz CT molecular complexity index is 1010. The number of furan rings is 1. The summed E-state index contributed by atoms with van der Waals surface area (Å²) in [5.74, 6) is 0.932. The molecule has 160 valence electrons. The molecule has 0 saturated heterocycles. The molecule has 4 rings (SSSR count). The molecule has 0 aliphatic heterocycles. The van der Waals surface area contributed by atoms with Gasteiger partial charge in [-0.2, -0.15) is 0 Å². The van der Waals surface area contributed by atoms with Gasteiger partial charge >= 0.3 is 0 Å². The van der Waals surface area contributed by atoms with Crippen molar-refractivity contribution >= 4 is 11.8 Å². The molecule has 3 aromatic rings. The first-order chi connectivity index (χ1) is 15.2. The van der Waals surface area contributed by atoms with Crippen LogP contribution in [0.5, 0.6) is 5.75 Å². The van der Waals surface area contributed by atoms with Crippen LogP contribution >= 0.6 is 0 Å². The van der Waals surface area contributed by atoms with Gasteiger partial charge in [-0.3, -0.25) is 9.59 Å². The lowest BCUT2D eigenvalue weighted by atomic mass is 10.1. The number of ether oxygens (including phenoxy) is 1. The Morgan fingerprint density at radius 1 is 0.968 bits per heavy atom. The van der Waals surface area contributed by atoms with Crippen LogP contribution in [0.1, 0.15) is 34.5 Å². The average Bonchev–Trinajstić information content (AvgIpc) is 3.52. The lowest BCUT2D eigenvalue weighted by molar-refractivity contribution is -0.133. The van der Waals surface area contributed by atoms with E-state index in [4.69, 9.17) is 9.15 Å². The van der Waals surface area contributed by atoms with Gasteiger partial charge < -0.3 is 19.0 Å². The van der Waals surface area contributed by atoms with Gasteiger partial charge in [-0.05, 0) is 42.7 Å². The number of amides is 2. The molecule has 6 nitrogen and oxygen atoms in total. The molecule has 0 radical (unpaired) electrons. The molecule has 1 aromatic heterocycles. The maximum atomic E-state index is 13.4. The van der Waals surface area contributed by atoms with Crippen molar-refractivity contribution in [2.24, 2.45) is 0 Å². The second-order valence-electron chi connectivity index (χ2n) is 7.68. The first-order valence-electron chi connectivity index (χ1n) is 10.4. The number of hydrogen-bond donors (Lipinski definition) is 0. The molecule has 0 atom stereocenters. The third kappa shape index (κ3) is 5.15. The summed E-state index contributed by atoms with van der Waals surface area (Å²) in [4.78, 5) is 30.1. The van der Waals surface area contributed by atoms with Crippen molar-refractivity contribution in [1.29, 1.82) is 0 Å². The van der Waals surface area contributed by atoms with Crippen molar-refractivity contribution in [2.75, 3.05) is 13.7 Å². The minimum atomic E-state index is -0.175. The Hall–Kier alpha value is -3.54. The van der Waals surface area contributed by atoms with E-state index in [0.29, 0.717) is 30.2 Å². The molecule has 0 bridgehead atoms. The van der Waals surface area contributed by atoms with Crippen molar-refractivity contribution in [3.05, 3.63) is 89.9 Å². The number of hydrogen-bond acceptors (Lipinski definition) is 4. The van der Waals surface area contributed by atoms with Crippen LogP contribution in [-0.2, 0) is 17.9 Å². The summed E-state index contributed by atoms with van der Waals surface area (Å²) in [7, 11) is 1.55. The van der Waals surface area contributed by atoms with Crippen molar-refractivity contribution in [3.8, 4) is 5.75 Å². The highest BCUT2D eigenvalue weighted by atomic mass is 16.5. The van der Waals surface area contributed by atoms with Crippen LogP contribution in [0.3, 0.4) is 0 Å². The first-order valence-corrected chi connectivity index (χ1v) is 10.4. The zero-order chi connectivity index (χ0) is 21.6. The van der Waals surface area contributed by atoms with Crippen LogP contribution in [0.15, 0.2) is 77.4 Å². The van der Waals surface area contributed by atoms with Gasteiger partial charge in [-0.1, -0.05) is 42.5 Å². The number of carbonyl (C=O) groups excluding carboxylic acids is 2. The highest BCUT2D eigenvalue weighted by Gasteiger charge is 2.36. The fourth-order valence-corrected chi connectivity index (χ4v) is 3.60. The van der Waals surface area contributed by atoms with Crippen LogP contribution in [0.4, 0.5) is 0 Å². The first kappa shape index (κ1) is 20.7. The molecule has 0 unspecified atom stereocenters. The van der Waals surface area contributed by atoms with Gasteiger partial charge in [0.25, 0.3) is 5.91 Å². The Balaban J connectivity index is 1.54. The maximum Gasteiger partial charge on any atom is 0.258 e. The highest BCUT2D eigenvalue weighted by molar-refractivity contribution is 5.99. The van der Waals surface area contributed by atoms with Gasteiger partial charge in [-0.25, -0.2) is 0 Å². The molecule has 1 fully saturated rings. The van der Waals surface area contributed by atoms with Crippen molar-refractivity contribution < 1.29 is 18.7 Å². The van der Waals surface area contributed by atoms with Gasteiger partial charge in [0.1, 0.15) is 18.1 Å². The quantitative estimate of drug-likeness (QED) is 0.524. The van der Waals surface area contributed by atoms with E-state index in [0.717, 1.165) is 18.4 Å². The number of benzene rings is 2. The minimum Gasteiger partial charge on any atom is -0.496 e. The molecular weight excluding hydrogens is 392 g/mol.